The Morgan fingerprint density at radius 1 is 1.05 bits per heavy atom. The first-order chi connectivity index (χ1) is 9.59. The van der Waals surface area contributed by atoms with Crippen LogP contribution in [0.3, 0.4) is 0 Å². The Kier molecular flexibility index (Phi) is 4.46. The van der Waals surface area contributed by atoms with E-state index in [0.717, 1.165) is 17.7 Å². The van der Waals surface area contributed by atoms with E-state index < -0.39 is 0 Å². The highest BCUT2D eigenvalue weighted by Gasteiger charge is 2.29. The molecule has 0 amide bonds. The molecule has 0 aliphatic rings. The third-order valence-electron chi connectivity index (χ3n) is 3.82. The molecule has 0 aromatic heterocycles. The van der Waals surface area contributed by atoms with Gasteiger partial charge in [-0.3, -0.25) is 0 Å². The molecule has 0 fully saturated rings. The molecule has 2 nitrogen and oxygen atoms in total. The van der Waals surface area contributed by atoms with Crippen LogP contribution in [-0.4, -0.2) is 18.8 Å². The summed E-state index contributed by atoms with van der Waals surface area (Å²) in [6, 6.07) is 16.4. The fourth-order valence-corrected chi connectivity index (χ4v) is 2.54. The molecule has 0 radical (unpaired) electrons. The van der Waals surface area contributed by atoms with E-state index in [4.69, 9.17) is 4.74 Å². The predicted molar refractivity (Wildman–Crippen MR) is 82.3 cm³/mol. The van der Waals surface area contributed by atoms with Gasteiger partial charge in [0.1, 0.15) is 5.75 Å². The molecule has 2 heteroatoms. The lowest BCUT2D eigenvalue weighted by Gasteiger charge is -2.29. The summed E-state index contributed by atoms with van der Waals surface area (Å²) in [5.41, 5.74) is 3.17. The van der Waals surface area contributed by atoms with Gasteiger partial charge in [0.15, 0.2) is 0 Å². The van der Waals surface area contributed by atoms with Gasteiger partial charge in [0.05, 0.1) is 13.7 Å². The van der Waals surface area contributed by atoms with E-state index in [-0.39, 0.29) is 12.0 Å². The minimum atomic E-state index is -0.345. The van der Waals surface area contributed by atoms with Crippen LogP contribution in [0.4, 0.5) is 0 Å². The second-order valence-electron chi connectivity index (χ2n) is 5.58. The molecule has 2 aromatic carbocycles. The average molecular weight is 270 g/mol. The molecule has 106 valence electrons. The lowest BCUT2D eigenvalue weighted by Crippen LogP contribution is -2.30. The maximum Gasteiger partial charge on any atom is 0.122 e. The molecule has 1 atom stereocenters. The molecule has 0 bridgehead atoms. The molecule has 1 N–H and O–H groups in total. The first-order valence-corrected chi connectivity index (χ1v) is 6.89. The van der Waals surface area contributed by atoms with E-state index >= 15 is 0 Å². The summed E-state index contributed by atoms with van der Waals surface area (Å²) in [5.74, 6) is 0.830. The zero-order valence-corrected chi connectivity index (χ0v) is 12.4. The van der Waals surface area contributed by atoms with E-state index in [9.17, 15) is 5.11 Å². The van der Waals surface area contributed by atoms with E-state index in [0.29, 0.717) is 0 Å². The summed E-state index contributed by atoms with van der Waals surface area (Å²) in [6.45, 7) is 4.24. The van der Waals surface area contributed by atoms with Gasteiger partial charge in [-0.25, -0.2) is 0 Å². The predicted octanol–water partition coefficient (Wildman–Crippen LogP) is 3.50. The van der Waals surface area contributed by atoms with Gasteiger partial charge in [0.2, 0.25) is 0 Å². The summed E-state index contributed by atoms with van der Waals surface area (Å²) >= 11 is 0. The lowest BCUT2D eigenvalue weighted by atomic mass is 9.77. The summed E-state index contributed by atoms with van der Waals surface area (Å²) in [4.78, 5) is 0. The van der Waals surface area contributed by atoms with Crippen LogP contribution >= 0.6 is 0 Å². The van der Waals surface area contributed by atoms with Gasteiger partial charge in [0, 0.05) is 11.0 Å². The smallest absolute Gasteiger partial charge is 0.122 e. The van der Waals surface area contributed by atoms with Crippen molar-refractivity contribution in [3.8, 4) is 5.75 Å². The van der Waals surface area contributed by atoms with E-state index in [1.165, 1.54) is 11.1 Å². The van der Waals surface area contributed by atoms with Gasteiger partial charge < -0.3 is 9.84 Å². The highest BCUT2D eigenvalue weighted by molar-refractivity contribution is 5.41. The minimum absolute atomic E-state index is 0.0846. The van der Waals surface area contributed by atoms with Crippen molar-refractivity contribution in [3.63, 3.8) is 0 Å². The monoisotopic (exact) mass is 270 g/mol. The summed E-state index contributed by atoms with van der Waals surface area (Å²) in [7, 11) is 1.67. The number of benzene rings is 2. The van der Waals surface area contributed by atoms with Gasteiger partial charge in [0.25, 0.3) is 0 Å². The maximum absolute atomic E-state index is 9.92. The second kappa shape index (κ2) is 6.10. The topological polar surface area (TPSA) is 29.5 Å². The molecular weight excluding hydrogens is 248 g/mol. The molecule has 0 heterocycles. The number of aliphatic hydroxyl groups excluding tert-OH is 1. The van der Waals surface area contributed by atoms with Crippen molar-refractivity contribution in [1.29, 1.82) is 0 Å². The van der Waals surface area contributed by atoms with Crippen molar-refractivity contribution < 1.29 is 9.84 Å². The fraction of sp³-hybridized carbons (Fsp3) is 0.333. The molecular formula is C18H22O2. The Hall–Kier alpha value is -1.80. The molecule has 0 aliphatic heterocycles. The molecule has 20 heavy (non-hydrogen) atoms. The van der Waals surface area contributed by atoms with Crippen LogP contribution in [0, 0.1) is 6.92 Å². The summed E-state index contributed by atoms with van der Waals surface area (Å²) < 4.78 is 5.44. The third-order valence-corrected chi connectivity index (χ3v) is 3.82. The number of ether oxygens (including phenoxy) is 1. The van der Waals surface area contributed by atoms with Crippen LogP contribution in [0.15, 0.2) is 48.5 Å². The summed E-state index contributed by atoms with van der Waals surface area (Å²) in [5, 5.41) is 9.92. The molecule has 0 aliphatic carbocycles. The molecule has 2 rings (SSSR count). The van der Waals surface area contributed by atoms with Crippen molar-refractivity contribution in [3.05, 3.63) is 65.2 Å². The number of aliphatic hydroxyl groups is 1. The number of methoxy groups -OCH3 is 1. The van der Waals surface area contributed by atoms with Crippen LogP contribution in [0.2, 0.25) is 0 Å². The quantitative estimate of drug-likeness (QED) is 0.901. The number of hydrogen-bond donors (Lipinski definition) is 1. The second-order valence-corrected chi connectivity index (χ2v) is 5.58. The van der Waals surface area contributed by atoms with E-state index in [2.05, 4.69) is 38.1 Å². The van der Waals surface area contributed by atoms with Crippen LogP contribution in [0.5, 0.6) is 5.75 Å². The Balaban J connectivity index is 2.35. The number of aryl methyl sites for hydroxylation is 1. The normalized spacial score (nSPS) is 13.8. The van der Waals surface area contributed by atoms with Crippen molar-refractivity contribution in [2.75, 3.05) is 13.7 Å². The number of hydrogen-bond acceptors (Lipinski definition) is 2. The number of para-hydroxylation sites is 1. The highest BCUT2D eigenvalue weighted by Crippen LogP contribution is 2.34. The van der Waals surface area contributed by atoms with Crippen LogP contribution in [-0.2, 0) is 11.8 Å². The zero-order valence-electron chi connectivity index (χ0n) is 12.4. The summed E-state index contributed by atoms with van der Waals surface area (Å²) in [6.07, 6.45) is 0.782. The van der Waals surface area contributed by atoms with E-state index in [1.807, 2.05) is 24.3 Å². The third kappa shape index (κ3) is 3.02. The average Bonchev–Trinajstić information content (AvgIpc) is 2.49. The van der Waals surface area contributed by atoms with Crippen LogP contribution in [0.1, 0.15) is 23.6 Å². The van der Waals surface area contributed by atoms with Crippen LogP contribution in [0.25, 0.3) is 0 Å². The fourth-order valence-electron chi connectivity index (χ4n) is 2.54. The lowest BCUT2D eigenvalue weighted by molar-refractivity contribution is 0.201. The first-order valence-electron chi connectivity index (χ1n) is 6.89. The minimum Gasteiger partial charge on any atom is -0.496 e. The Morgan fingerprint density at radius 2 is 1.70 bits per heavy atom. The Bertz CT molecular complexity index is 560. The SMILES string of the molecule is COc1ccccc1C(C)(CO)Cc1ccc(C)cc1. The molecule has 0 spiro atoms. The van der Waals surface area contributed by atoms with Gasteiger partial charge in [-0.05, 0) is 25.0 Å². The largest absolute Gasteiger partial charge is 0.496 e. The maximum atomic E-state index is 9.92. The van der Waals surface area contributed by atoms with Gasteiger partial charge >= 0.3 is 0 Å². The van der Waals surface area contributed by atoms with Crippen molar-refractivity contribution in [2.45, 2.75) is 25.7 Å². The number of rotatable bonds is 5. The molecule has 0 saturated carbocycles. The van der Waals surface area contributed by atoms with Crippen molar-refractivity contribution in [2.24, 2.45) is 0 Å². The van der Waals surface area contributed by atoms with Gasteiger partial charge in [-0.2, -0.15) is 0 Å². The Labute approximate surface area is 121 Å². The van der Waals surface area contributed by atoms with Gasteiger partial charge in [-0.15, -0.1) is 0 Å². The first kappa shape index (κ1) is 14.6. The Morgan fingerprint density at radius 3 is 2.30 bits per heavy atom. The van der Waals surface area contributed by atoms with Crippen LogP contribution < -0.4 is 4.74 Å². The van der Waals surface area contributed by atoms with E-state index in [1.54, 1.807) is 7.11 Å². The standard InChI is InChI=1S/C18H22O2/c1-14-8-10-15(11-9-14)12-18(2,13-19)16-6-4-5-7-17(16)20-3/h4-11,19H,12-13H2,1-3H3. The van der Waals surface area contributed by atoms with Crippen molar-refractivity contribution in [1.82, 2.24) is 0 Å². The van der Waals surface area contributed by atoms with Crippen molar-refractivity contribution >= 4 is 0 Å². The van der Waals surface area contributed by atoms with Gasteiger partial charge in [-0.1, -0.05) is 55.0 Å². The molecule has 0 saturated heterocycles. The molecule has 2 aromatic rings. The zero-order chi connectivity index (χ0) is 14.6. The highest BCUT2D eigenvalue weighted by atomic mass is 16.5. The molecule has 1 unspecified atom stereocenters.